The molecule has 2 unspecified atom stereocenters. The van der Waals surface area contributed by atoms with Crippen LogP contribution >= 0.6 is 0 Å². The first-order chi connectivity index (χ1) is 9.07. The van der Waals surface area contributed by atoms with Gasteiger partial charge in [-0.1, -0.05) is 39.0 Å². The zero-order valence-electron chi connectivity index (χ0n) is 12.4. The predicted octanol–water partition coefficient (Wildman–Crippen LogP) is 2.98. The first-order valence-corrected chi connectivity index (χ1v) is 8.13. The molecule has 0 aromatic rings. The van der Waals surface area contributed by atoms with Gasteiger partial charge in [0.15, 0.2) is 0 Å². The summed E-state index contributed by atoms with van der Waals surface area (Å²) < 4.78 is 0. The summed E-state index contributed by atoms with van der Waals surface area (Å²) in [4.78, 5) is 12.0. The molecule has 2 rings (SSSR count). The largest absolute Gasteiger partial charge is 0.356 e. The fourth-order valence-electron chi connectivity index (χ4n) is 3.82. The van der Waals surface area contributed by atoms with Gasteiger partial charge in [-0.05, 0) is 37.5 Å². The normalized spacial score (nSPS) is 30.8. The third kappa shape index (κ3) is 4.79. The van der Waals surface area contributed by atoms with E-state index < -0.39 is 0 Å². The van der Waals surface area contributed by atoms with Crippen LogP contribution in [-0.4, -0.2) is 18.0 Å². The Kier molecular flexibility index (Phi) is 5.26. The highest BCUT2D eigenvalue weighted by Crippen LogP contribution is 2.29. The van der Waals surface area contributed by atoms with Crippen molar-refractivity contribution in [1.29, 1.82) is 0 Å². The average molecular weight is 266 g/mol. The van der Waals surface area contributed by atoms with Crippen molar-refractivity contribution in [3.63, 3.8) is 0 Å². The Labute approximate surface area is 117 Å². The minimum absolute atomic E-state index is 0.169. The van der Waals surface area contributed by atoms with E-state index in [2.05, 4.69) is 12.2 Å². The Balaban J connectivity index is 1.69. The molecule has 2 saturated carbocycles. The number of amides is 1. The second-order valence-electron chi connectivity index (χ2n) is 7.04. The van der Waals surface area contributed by atoms with Crippen molar-refractivity contribution in [2.24, 2.45) is 17.6 Å². The van der Waals surface area contributed by atoms with Crippen LogP contribution in [0.1, 0.15) is 71.1 Å². The van der Waals surface area contributed by atoms with Crippen LogP contribution in [0, 0.1) is 11.8 Å². The van der Waals surface area contributed by atoms with E-state index in [0.29, 0.717) is 12.3 Å². The molecule has 0 heterocycles. The highest BCUT2D eigenvalue weighted by molar-refractivity contribution is 5.77. The minimum Gasteiger partial charge on any atom is -0.356 e. The van der Waals surface area contributed by atoms with Crippen LogP contribution in [0.25, 0.3) is 0 Å². The zero-order chi connectivity index (χ0) is 13.7. The molecule has 3 heteroatoms. The number of carbonyl (C=O) groups excluding carboxylic acids is 1. The Morgan fingerprint density at radius 2 is 1.95 bits per heavy atom. The smallest absolute Gasteiger partial charge is 0.221 e. The summed E-state index contributed by atoms with van der Waals surface area (Å²) in [5, 5.41) is 3.13. The lowest BCUT2D eigenvalue weighted by atomic mass is 9.80. The lowest BCUT2D eigenvalue weighted by Gasteiger charge is -2.33. The molecule has 0 aromatic carbocycles. The SMILES string of the molecule is CC1CCCC(CNC(=O)CC2(N)CCCCC2)C1. The molecule has 2 aliphatic carbocycles. The first-order valence-electron chi connectivity index (χ1n) is 8.13. The van der Waals surface area contributed by atoms with E-state index in [1.165, 1.54) is 44.9 Å². The Hall–Kier alpha value is -0.570. The van der Waals surface area contributed by atoms with Gasteiger partial charge in [-0.3, -0.25) is 4.79 Å². The summed E-state index contributed by atoms with van der Waals surface area (Å²) in [5.74, 6) is 1.69. The van der Waals surface area contributed by atoms with Gasteiger partial charge in [-0.15, -0.1) is 0 Å². The molecular weight excluding hydrogens is 236 g/mol. The van der Waals surface area contributed by atoms with Gasteiger partial charge in [-0.2, -0.15) is 0 Å². The molecule has 3 nitrogen and oxygen atoms in total. The molecule has 2 aliphatic rings. The van der Waals surface area contributed by atoms with Gasteiger partial charge in [0.2, 0.25) is 5.91 Å². The van der Waals surface area contributed by atoms with Gasteiger partial charge in [0.25, 0.3) is 0 Å². The standard InChI is InChI=1S/C16H30N2O/c1-13-6-5-7-14(10-13)12-18-15(19)11-16(17)8-3-2-4-9-16/h13-14H,2-12,17H2,1H3,(H,18,19). The van der Waals surface area contributed by atoms with Crippen LogP contribution < -0.4 is 11.1 Å². The van der Waals surface area contributed by atoms with Gasteiger partial charge < -0.3 is 11.1 Å². The van der Waals surface area contributed by atoms with Crippen molar-refractivity contribution in [1.82, 2.24) is 5.32 Å². The number of nitrogens with two attached hydrogens (primary N) is 1. The fourth-order valence-corrected chi connectivity index (χ4v) is 3.82. The van der Waals surface area contributed by atoms with Crippen molar-refractivity contribution in [2.45, 2.75) is 76.7 Å². The van der Waals surface area contributed by atoms with Gasteiger partial charge in [-0.25, -0.2) is 0 Å². The van der Waals surface area contributed by atoms with Crippen molar-refractivity contribution in [3.8, 4) is 0 Å². The summed E-state index contributed by atoms with van der Waals surface area (Å²) in [5.41, 5.74) is 6.11. The van der Waals surface area contributed by atoms with Crippen LogP contribution in [0.15, 0.2) is 0 Å². The van der Waals surface area contributed by atoms with Crippen LogP contribution in [0.4, 0.5) is 0 Å². The zero-order valence-corrected chi connectivity index (χ0v) is 12.4. The molecule has 0 bridgehead atoms. The summed E-state index contributed by atoms with van der Waals surface area (Å²) in [6.45, 7) is 3.18. The molecule has 0 aromatic heterocycles. The molecule has 110 valence electrons. The first kappa shape index (κ1) is 14.8. The van der Waals surface area contributed by atoms with E-state index in [1.54, 1.807) is 0 Å². The predicted molar refractivity (Wildman–Crippen MR) is 78.8 cm³/mol. The molecule has 19 heavy (non-hydrogen) atoms. The second kappa shape index (κ2) is 6.74. The van der Waals surface area contributed by atoms with Gasteiger partial charge >= 0.3 is 0 Å². The summed E-state index contributed by atoms with van der Waals surface area (Å²) in [6.07, 6.45) is 11.4. The average Bonchev–Trinajstić information content (AvgIpc) is 2.37. The maximum absolute atomic E-state index is 12.0. The fraction of sp³-hybridized carbons (Fsp3) is 0.938. The molecule has 0 aliphatic heterocycles. The summed E-state index contributed by atoms with van der Waals surface area (Å²) in [6, 6.07) is 0. The number of hydrogen-bond donors (Lipinski definition) is 2. The van der Waals surface area contributed by atoms with E-state index in [1.807, 2.05) is 0 Å². The molecule has 2 atom stereocenters. The maximum Gasteiger partial charge on any atom is 0.221 e. The van der Waals surface area contributed by atoms with Gasteiger partial charge in [0, 0.05) is 18.5 Å². The van der Waals surface area contributed by atoms with E-state index in [0.717, 1.165) is 25.3 Å². The minimum atomic E-state index is -0.220. The lowest BCUT2D eigenvalue weighted by Crippen LogP contribution is -2.46. The van der Waals surface area contributed by atoms with E-state index in [-0.39, 0.29) is 11.4 Å². The Morgan fingerprint density at radius 1 is 1.21 bits per heavy atom. The van der Waals surface area contributed by atoms with E-state index in [4.69, 9.17) is 5.73 Å². The molecule has 0 radical (unpaired) electrons. The van der Waals surface area contributed by atoms with Crippen molar-refractivity contribution in [2.75, 3.05) is 6.54 Å². The third-order valence-corrected chi connectivity index (χ3v) is 4.99. The molecule has 2 fully saturated rings. The third-order valence-electron chi connectivity index (χ3n) is 4.99. The molecule has 3 N–H and O–H groups in total. The number of rotatable bonds is 4. The molecule has 0 spiro atoms. The maximum atomic E-state index is 12.0. The topological polar surface area (TPSA) is 55.1 Å². The van der Waals surface area contributed by atoms with E-state index >= 15 is 0 Å². The Morgan fingerprint density at radius 3 is 2.63 bits per heavy atom. The lowest BCUT2D eigenvalue weighted by molar-refractivity contribution is -0.122. The number of hydrogen-bond acceptors (Lipinski definition) is 2. The molecule has 1 amide bonds. The van der Waals surface area contributed by atoms with Crippen molar-refractivity contribution in [3.05, 3.63) is 0 Å². The highest BCUT2D eigenvalue weighted by atomic mass is 16.1. The Bertz CT molecular complexity index is 297. The number of carbonyl (C=O) groups is 1. The van der Waals surface area contributed by atoms with E-state index in [9.17, 15) is 4.79 Å². The second-order valence-corrected chi connectivity index (χ2v) is 7.04. The van der Waals surface area contributed by atoms with Crippen LogP contribution in [0.5, 0.6) is 0 Å². The van der Waals surface area contributed by atoms with Gasteiger partial charge in [0.1, 0.15) is 0 Å². The highest BCUT2D eigenvalue weighted by Gasteiger charge is 2.30. The number of nitrogens with one attached hydrogen (secondary N) is 1. The molecule has 0 saturated heterocycles. The summed E-state index contributed by atoms with van der Waals surface area (Å²) in [7, 11) is 0. The quantitative estimate of drug-likeness (QED) is 0.822. The monoisotopic (exact) mass is 266 g/mol. The summed E-state index contributed by atoms with van der Waals surface area (Å²) >= 11 is 0. The van der Waals surface area contributed by atoms with Crippen molar-refractivity contribution < 1.29 is 4.79 Å². The van der Waals surface area contributed by atoms with Crippen LogP contribution in [-0.2, 0) is 4.79 Å². The van der Waals surface area contributed by atoms with Crippen LogP contribution in [0.2, 0.25) is 0 Å². The molecular formula is C16H30N2O. The van der Waals surface area contributed by atoms with Crippen molar-refractivity contribution >= 4 is 5.91 Å². The van der Waals surface area contributed by atoms with Gasteiger partial charge in [0.05, 0.1) is 0 Å². The van der Waals surface area contributed by atoms with Crippen LogP contribution in [0.3, 0.4) is 0 Å².